The number of anilines is 1. The van der Waals surface area contributed by atoms with E-state index in [0.29, 0.717) is 5.56 Å². The van der Waals surface area contributed by atoms with Crippen molar-refractivity contribution in [1.29, 1.82) is 0 Å². The number of para-hydroxylation sites is 1. The Bertz CT molecular complexity index is 584. The van der Waals surface area contributed by atoms with Crippen LogP contribution >= 0.6 is 15.9 Å². The van der Waals surface area contributed by atoms with Gasteiger partial charge in [-0.25, -0.2) is 0 Å². The largest absolute Gasteiger partial charge is 0.322 e. The molecule has 0 radical (unpaired) electrons. The lowest BCUT2D eigenvalue weighted by Crippen LogP contribution is -2.15. The highest BCUT2D eigenvalue weighted by molar-refractivity contribution is 9.10. The summed E-state index contributed by atoms with van der Waals surface area (Å²) in [7, 11) is 1.88. The van der Waals surface area contributed by atoms with E-state index in [0.717, 1.165) is 22.3 Å². The van der Waals surface area contributed by atoms with Crippen molar-refractivity contribution in [2.75, 3.05) is 12.4 Å². The summed E-state index contributed by atoms with van der Waals surface area (Å²) in [6.45, 7) is 0.717. The maximum atomic E-state index is 12.2. The maximum Gasteiger partial charge on any atom is 0.255 e. The number of carbonyl (C=O) groups excluding carboxylic acids is 1. The lowest BCUT2D eigenvalue weighted by molar-refractivity contribution is 0.102. The van der Waals surface area contributed by atoms with E-state index >= 15 is 0 Å². The molecule has 0 aliphatic rings. The molecule has 2 N–H and O–H groups in total. The lowest BCUT2D eigenvalue weighted by Gasteiger charge is -2.10. The van der Waals surface area contributed by atoms with Crippen molar-refractivity contribution in [2.45, 2.75) is 6.54 Å². The summed E-state index contributed by atoms with van der Waals surface area (Å²) in [4.78, 5) is 12.2. The molecule has 3 nitrogen and oxygen atoms in total. The first-order valence-electron chi connectivity index (χ1n) is 6.00. The molecular weight excluding hydrogens is 304 g/mol. The average molecular weight is 319 g/mol. The molecule has 19 heavy (non-hydrogen) atoms. The second-order valence-electron chi connectivity index (χ2n) is 4.15. The molecule has 0 spiro atoms. The molecule has 0 fully saturated rings. The molecule has 0 saturated carbocycles. The van der Waals surface area contributed by atoms with Crippen molar-refractivity contribution in [3.63, 3.8) is 0 Å². The fourth-order valence-electron chi connectivity index (χ4n) is 1.81. The summed E-state index contributed by atoms with van der Waals surface area (Å²) in [5.74, 6) is -0.107. The SMILES string of the molecule is CNCc1ccccc1NC(=O)c1cccc(Br)c1. The van der Waals surface area contributed by atoms with Crippen molar-refractivity contribution in [1.82, 2.24) is 5.32 Å². The fraction of sp³-hybridized carbons (Fsp3) is 0.133. The first-order chi connectivity index (χ1) is 9.20. The molecule has 0 heterocycles. The summed E-state index contributed by atoms with van der Waals surface area (Å²) >= 11 is 3.37. The van der Waals surface area contributed by atoms with E-state index < -0.39 is 0 Å². The number of nitrogens with one attached hydrogen (secondary N) is 2. The van der Waals surface area contributed by atoms with Crippen LogP contribution in [0.2, 0.25) is 0 Å². The van der Waals surface area contributed by atoms with Crippen LogP contribution in [0.4, 0.5) is 5.69 Å². The average Bonchev–Trinajstić information content (AvgIpc) is 2.41. The minimum Gasteiger partial charge on any atom is -0.322 e. The third-order valence-corrected chi connectivity index (χ3v) is 3.21. The van der Waals surface area contributed by atoms with Crippen molar-refractivity contribution in [2.24, 2.45) is 0 Å². The maximum absolute atomic E-state index is 12.2. The zero-order valence-electron chi connectivity index (χ0n) is 10.6. The highest BCUT2D eigenvalue weighted by atomic mass is 79.9. The number of hydrogen-bond acceptors (Lipinski definition) is 2. The van der Waals surface area contributed by atoms with Gasteiger partial charge in [0.05, 0.1) is 0 Å². The molecule has 0 bridgehead atoms. The first-order valence-corrected chi connectivity index (χ1v) is 6.79. The Kier molecular flexibility index (Phi) is 4.71. The summed E-state index contributed by atoms with van der Waals surface area (Å²) in [5, 5.41) is 6.03. The predicted molar refractivity (Wildman–Crippen MR) is 81.3 cm³/mol. The van der Waals surface area contributed by atoms with Crippen LogP contribution in [0.5, 0.6) is 0 Å². The predicted octanol–water partition coefficient (Wildman–Crippen LogP) is 3.42. The van der Waals surface area contributed by atoms with Crippen molar-refractivity contribution >= 4 is 27.5 Å². The molecule has 0 aliphatic carbocycles. The summed E-state index contributed by atoms with van der Waals surface area (Å²) in [6, 6.07) is 15.1. The van der Waals surface area contributed by atoms with Crippen molar-refractivity contribution < 1.29 is 4.79 Å². The van der Waals surface area contributed by atoms with Gasteiger partial charge in [0.15, 0.2) is 0 Å². The van der Waals surface area contributed by atoms with Crippen LogP contribution in [0.3, 0.4) is 0 Å². The van der Waals surface area contributed by atoms with E-state index in [-0.39, 0.29) is 5.91 Å². The van der Waals surface area contributed by atoms with Crippen LogP contribution in [0.25, 0.3) is 0 Å². The van der Waals surface area contributed by atoms with Gasteiger partial charge < -0.3 is 10.6 Å². The van der Waals surface area contributed by atoms with Gasteiger partial charge in [0, 0.05) is 22.3 Å². The standard InChI is InChI=1S/C15H15BrN2O/c1-17-10-12-5-2-3-8-14(12)18-15(19)11-6-4-7-13(16)9-11/h2-9,17H,10H2,1H3,(H,18,19). The highest BCUT2D eigenvalue weighted by Gasteiger charge is 2.08. The second-order valence-corrected chi connectivity index (χ2v) is 5.07. The van der Waals surface area contributed by atoms with Gasteiger partial charge in [-0.05, 0) is 36.9 Å². The molecule has 1 amide bonds. The van der Waals surface area contributed by atoms with E-state index in [1.807, 2.05) is 43.4 Å². The van der Waals surface area contributed by atoms with E-state index in [1.165, 1.54) is 0 Å². The smallest absolute Gasteiger partial charge is 0.255 e. The van der Waals surface area contributed by atoms with E-state index in [4.69, 9.17) is 0 Å². The van der Waals surface area contributed by atoms with Gasteiger partial charge in [0.25, 0.3) is 5.91 Å². The molecule has 2 rings (SSSR count). The molecule has 0 aromatic heterocycles. The number of hydrogen-bond donors (Lipinski definition) is 2. The summed E-state index contributed by atoms with van der Waals surface area (Å²) in [5.41, 5.74) is 2.53. The Morgan fingerprint density at radius 2 is 1.95 bits per heavy atom. The third kappa shape index (κ3) is 3.66. The van der Waals surface area contributed by atoms with Crippen LogP contribution < -0.4 is 10.6 Å². The Hall–Kier alpha value is -1.65. The number of halogens is 1. The molecule has 98 valence electrons. The topological polar surface area (TPSA) is 41.1 Å². The molecule has 2 aromatic rings. The Morgan fingerprint density at radius 3 is 2.68 bits per heavy atom. The van der Waals surface area contributed by atoms with Crippen LogP contribution in [-0.4, -0.2) is 13.0 Å². The van der Waals surface area contributed by atoms with Crippen LogP contribution in [0, 0.1) is 0 Å². The number of carbonyl (C=O) groups is 1. The Labute approximate surface area is 121 Å². The molecule has 0 aliphatic heterocycles. The second kappa shape index (κ2) is 6.50. The lowest BCUT2D eigenvalue weighted by atomic mass is 10.1. The molecular formula is C15H15BrN2O. The highest BCUT2D eigenvalue weighted by Crippen LogP contribution is 2.17. The quantitative estimate of drug-likeness (QED) is 0.907. The zero-order valence-corrected chi connectivity index (χ0v) is 12.2. The van der Waals surface area contributed by atoms with E-state index in [1.54, 1.807) is 12.1 Å². The Balaban J connectivity index is 2.19. The number of rotatable bonds is 4. The number of amides is 1. The Morgan fingerprint density at radius 1 is 1.16 bits per heavy atom. The molecule has 0 unspecified atom stereocenters. The molecule has 0 saturated heterocycles. The number of benzene rings is 2. The van der Waals surface area contributed by atoms with E-state index in [9.17, 15) is 4.79 Å². The van der Waals surface area contributed by atoms with Gasteiger partial charge in [0.1, 0.15) is 0 Å². The van der Waals surface area contributed by atoms with E-state index in [2.05, 4.69) is 26.6 Å². The van der Waals surface area contributed by atoms with Crippen LogP contribution in [0.1, 0.15) is 15.9 Å². The van der Waals surface area contributed by atoms with Crippen LogP contribution in [0.15, 0.2) is 53.0 Å². The molecule has 2 aromatic carbocycles. The van der Waals surface area contributed by atoms with Gasteiger partial charge >= 0.3 is 0 Å². The zero-order chi connectivity index (χ0) is 13.7. The summed E-state index contributed by atoms with van der Waals surface area (Å²) in [6.07, 6.45) is 0. The molecule has 4 heteroatoms. The van der Waals surface area contributed by atoms with Gasteiger partial charge in [-0.15, -0.1) is 0 Å². The normalized spacial score (nSPS) is 10.2. The molecule has 0 atom stereocenters. The van der Waals surface area contributed by atoms with Crippen molar-refractivity contribution in [3.05, 3.63) is 64.1 Å². The fourth-order valence-corrected chi connectivity index (χ4v) is 2.21. The van der Waals surface area contributed by atoms with Gasteiger partial charge in [-0.1, -0.05) is 40.2 Å². The third-order valence-electron chi connectivity index (χ3n) is 2.72. The van der Waals surface area contributed by atoms with Crippen molar-refractivity contribution in [3.8, 4) is 0 Å². The summed E-state index contributed by atoms with van der Waals surface area (Å²) < 4.78 is 0.892. The van der Waals surface area contributed by atoms with Gasteiger partial charge in [-0.3, -0.25) is 4.79 Å². The first kappa shape index (κ1) is 13.8. The van der Waals surface area contributed by atoms with Gasteiger partial charge in [-0.2, -0.15) is 0 Å². The van der Waals surface area contributed by atoms with Gasteiger partial charge in [0.2, 0.25) is 0 Å². The van der Waals surface area contributed by atoms with Crippen LogP contribution in [-0.2, 0) is 6.54 Å². The minimum absolute atomic E-state index is 0.107. The minimum atomic E-state index is -0.107. The monoisotopic (exact) mass is 318 g/mol.